The molecular formula is C14H23NO2. The molecule has 96 valence electrons. The topological polar surface area (TPSA) is 44.5 Å². The van der Waals surface area contributed by atoms with Gasteiger partial charge in [0.1, 0.15) is 5.75 Å². The van der Waals surface area contributed by atoms with Crippen molar-refractivity contribution in [1.29, 1.82) is 0 Å². The minimum atomic E-state index is 0.422. The number of para-hydroxylation sites is 1. The first-order valence-electron chi connectivity index (χ1n) is 6.03. The number of methoxy groups -OCH3 is 2. The third-order valence-electron chi connectivity index (χ3n) is 3.21. The smallest absolute Gasteiger partial charge is 0.122 e. The summed E-state index contributed by atoms with van der Waals surface area (Å²) in [7, 11) is 3.43. The molecule has 1 aromatic rings. The maximum absolute atomic E-state index is 5.85. The summed E-state index contributed by atoms with van der Waals surface area (Å²) in [5.74, 6) is 1.82. The van der Waals surface area contributed by atoms with Gasteiger partial charge in [-0.25, -0.2) is 0 Å². The van der Waals surface area contributed by atoms with Crippen molar-refractivity contribution in [2.24, 2.45) is 17.6 Å². The average molecular weight is 237 g/mol. The molecule has 2 unspecified atom stereocenters. The summed E-state index contributed by atoms with van der Waals surface area (Å²) in [6.07, 6.45) is 0.936. The van der Waals surface area contributed by atoms with Crippen LogP contribution in [-0.2, 0) is 11.2 Å². The van der Waals surface area contributed by atoms with Crippen molar-refractivity contribution in [3.8, 4) is 5.75 Å². The molecule has 1 aromatic carbocycles. The fourth-order valence-electron chi connectivity index (χ4n) is 2.07. The van der Waals surface area contributed by atoms with Crippen LogP contribution in [0.3, 0.4) is 0 Å². The van der Waals surface area contributed by atoms with Gasteiger partial charge in [-0.1, -0.05) is 25.1 Å². The zero-order valence-corrected chi connectivity index (χ0v) is 11.0. The van der Waals surface area contributed by atoms with Crippen LogP contribution in [-0.4, -0.2) is 27.4 Å². The molecule has 0 aliphatic heterocycles. The van der Waals surface area contributed by atoms with Crippen LogP contribution in [0.5, 0.6) is 5.75 Å². The molecule has 1 rings (SSSR count). The molecular weight excluding hydrogens is 214 g/mol. The van der Waals surface area contributed by atoms with Crippen molar-refractivity contribution in [3.05, 3.63) is 29.8 Å². The third-order valence-corrected chi connectivity index (χ3v) is 3.21. The van der Waals surface area contributed by atoms with Gasteiger partial charge in [-0.15, -0.1) is 0 Å². The normalized spacial score (nSPS) is 14.4. The van der Waals surface area contributed by atoms with Crippen molar-refractivity contribution in [3.63, 3.8) is 0 Å². The summed E-state index contributed by atoms with van der Waals surface area (Å²) in [5, 5.41) is 0. The summed E-state index contributed by atoms with van der Waals surface area (Å²) in [6.45, 7) is 3.59. The lowest BCUT2D eigenvalue weighted by Crippen LogP contribution is -2.26. The van der Waals surface area contributed by atoms with Gasteiger partial charge in [-0.2, -0.15) is 0 Å². The van der Waals surface area contributed by atoms with Crippen LogP contribution in [0.2, 0.25) is 0 Å². The molecule has 2 atom stereocenters. The Morgan fingerprint density at radius 1 is 1.24 bits per heavy atom. The van der Waals surface area contributed by atoms with Gasteiger partial charge in [0, 0.05) is 13.7 Å². The molecule has 0 radical (unpaired) electrons. The highest BCUT2D eigenvalue weighted by Crippen LogP contribution is 2.24. The maximum Gasteiger partial charge on any atom is 0.122 e. The molecule has 0 saturated carbocycles. The molecule has 2 N–H and O–H groups in total. The second-order valence-corrected chi connectivity index (χ2v) is 4.44. The highest BCUT2D eigenvalue weighted by molar-refractivity contribution is 5.33. The first-order valence-corrected chi connectivity index (χ1v) is 6.03. The van der Waals surface area contributed by atoms with Crippen LogP contribution in [0.1, 0.15) is 12.5 Å². The van der Waals surface area contributed by atoms with E-state index >= 15 is 0 Å². The summed E-state index contributed by atoms with van der Waals surface area (Å²) >= 11 is 0. The third kappa shape index (κ3) is 4.02. The maximum atomic E-state index is 5.85. The number of nitrogens with two attached hydrogens (primary N) is 1. The van der Waals surface area contributed by atoms with Crippen LogP contribution < -0.4 is 10.5 Å². The number of rotatable bonds is 7. The summed E-state index contributed by atoms with van der Waals surface area (Å²) < 4.78 is 10.6. The van der Waals surface area contributed by atoms with E-state index in [1.165, 1.54) is 5.56 Å². The van der Waals surface area contributed by atoms with Crippen molar-refractivity contribution in [2.45, 2.75) is 13.3 Å². The van der Waals surface area contributed by atoms with E-state index in [0.717, 1.165) is 18.8 Å². The Balaban J connectivity index is 2.73. The predicted octanol–water partition coefficient (Wildman–Crippen LogP) is 2.10. The molecule has 0 fully saturated rings. The van der Waals surface area contributed by atoms with Crippen LogP contribution in [0.25, 0.3) is 0 Å². The first-order chi connectivity index (χ1) is 8.22. The standard InChI is InChI=1S/C14H23NO2/c1-11(10-16-2)13(9-15)8-12-6-4-5-7-14(12)17-3/h4-7,11,13H,8-10,15H2,1-3H3. The van der Waals surface area contributed by atoms with E-state index in [2.05, 4.69) is 13.0 Å². The van der Waals surface area contributed by atoms with E-state index < -0.39 is 0 Å². The van der Waals surface area contributed by atoms with E-state index in [9.17, 15) is 0 Å². The number of benzene rings is 1. The molecule has 0 aliphatic carbocycles. The van der Waals surface area contributed by atoms with Gasteiger partial charge in [0.25, 0.3) is 0 Å². The average Bonchev–Trinajstić information content (AvgIpc) is 2.36. The van der Waals surface area contributed by atoms with Crippen molar-refractivity contribution in [2.75, 3.05) is 27.4 Å². The number of hydrogen-bond acceptors (Lipinski definition) is 3. The highest BCUT2D eigenvalue weighted by atomic mass is 16.5. The Hall–Kier alpha value is -1.06. The summed E-state index contributed by atoms with van der Waals surface area (Å²) in [6, 6.07) is 8.11. The second-order valence-electron chi connectivity index (χ2n) is 4.44. The Labute approximate surface area is 104 Å². The van der Waals surface area contributed by atoms with Crippen LogP contribution in [0, 0.1) is 11.8 Å². The largest absolute Gasteiger partial charge is 0.496 e. The Kier molecular flexibility index (Phi) is 6.01. The van der Waals surface area contributed by atoms with Gasteiger partial charge in [0.05, 0.1) is 7.11 Å². The van der Waals surface area contributed by atoms with E-state index in [4.69, 9.17) is 15.2 Å². The van der Waals surface area contributed by atoms with Gasteiger partial charge in [-0.05, 0) is 36.4 Å². The molecule has 3 heteroatoms. The van der Waals surface area contributed by atoms with Gasteiger partial charge >= 0.3 is 0 Å². The van der Waals surface area contributed by atoms with Gasteiger partial charge in [-0.3, -0.25) is 0 Å². The lowest BCUT2D eigenvalue weighted by Gasteiger charge is -2.22. The van der Waals surface area contributed by atoms with Gasteiger partial charge < -0.3 is 15.2 Å². The Morgan fingerprint density at radius 3 is 2.53 bits per heavy atom. The summed E-state index contributed by atoms with van der Waals surface area (Å²) in [4.78, 5) is 0. The predicted molar refractivity (Wildman–Crippen MR) is 70.3 cm³/mol. The Morgan fingerprint density at radius 2 is 1.94 bits per heavy atom. The lowest BCUT2D eigenvalue weighted by atomic mass is 9.88. The van der Waals surface area contributed by atoms with Crippen LogP contribution >= 0.6 is 0 Å². The van der Waals surface area contributed by atoms with E-state index in [0.29, 0.717) is 18.4 Å². The number of hydrogen-bond donors (Lipinski definition) is 1. The molecule has 0 amide bonds. The van der Waals surface area contributed by atoms with Gasteiger partial charge in [0.2, 0.25) is 0 Å². The zero-order valence-electron chi connectivity index (χ0n) is 11.0. The minimum Gasteiger partial charge on any atom is -0.496 e. The molecule has 0 bridgehead atoms. The fraction of sp³-hybridized carbons (Fsp3) is 0.571. The second kappa shape index (κ2) is 7.30. The molecule has 0 spiro atoms. The Bertz CT molecular complexity index is 328. The molecule has 0 aromatic heterocycles. The fourth-order valence-corrected chi connectivity index (χ4v) is 2.07. The quantitative estimate of drug-likeness (QED) is 0.790. The summed E-state index contributed by atoms with van der Waals surface area (Å²) in [5.41, 5.74) is 7.06. The van der Waals surface area contributed by atoms with Crippen molar-refractivity contribution in [1.82, 2.24) is 0 Å². The number of ether oxygens (including phenoxy) is 2. The van der Waals surface area contributed by atoms with Crippen LogP contribution in [0.4, 0.5) is 0 Å². The highest BCUT2D eigenvalue weighted by Gasteiger charge is 2.17. The van der Waals surface area contributed by atoms with Crippen LogP contribution in [0.15, 0.2) is 24.3 Å². The molecule has 0 saturated heterocycles. The van der Waals surface area contributed by atoms with Crippen molar-refractivity contribution < 1.29 is 9.47 Å². The van der Waals surface area contributed by atoms with E-state index in [-0.39, 0.29) is 0 Å². The molecule has 0 aliphatic rings. The molecule has 3 nitrogen and oxygen atoms in total. The van der Waals surface area contributed by atoms with E-state index in [1.807, 2.05) is 18.2 Å². The zero-order chi connectivity index (χ0) is 12.7. The minimum absolute atomic E-state index is 0.422. The molecule has 0 heterocycles. The van der Waals surface area contributed by atoms with E-state index in [1.54, 1.807) is 14.2 Å². The van der Waals surface area contributed by atoms with Gasteiger partial charge in [0.15, 0.2) is 0 Å². The monoisotopic (exact) mass is 237 g/mol. The lowest BCUT2D eigenvalue weighted by molar-refractivity contribution is 0.131. The SMILES string of the molecule is COCC(C)C(CN)Cc1ccccc1OC. The van der Waals surface area contributed by atoms with Crippen molar-refractivity contribution >= 4 is 0 Å². The molecule has 17 heavy (non-hydrogen) atoms. The first kappa shape index (κ1) is 14.0.